The van der Waals surface area contributed by atoms with E-state index in [0.29, 0.717) is 36.0 Å². The largest absolute Gasteiger partial charge is 0.462 e. The number of nitrogens with zero attached hydrogens (tertiary/aromatic N) is 1. The van der Waals surface area contributed by atoms with E-state index in [-0.39, 0.29) is 18.1 Å². The van der Waals surface area contributed by atoms with Gasteiger partial charge in [-0.05, 0) is 112 Å². The molecule has 0 heterocycles. The maximum Gasteiger partial charge on any atom is 0.416 e. The molecular weight excluding hydrogens is 676 g/mol. The van der Waals surface area contributed by atoms with E-state index in [4.69, 9.17) is 5.73 Å². The number of allylic oxidation sites excluding steroid dienone is 3. The van der Waals surface area contributed by atoms with Crippen LogP contribution in [0.15, 0.2) is 108 Å². The Kier molecular flexibility index (Phi) is 18.4. The lowest BCUT2D eigenvalue weighted by Crippen LogP contribution is -2.25. The van der Waals surface area contributed by atoms with Crippen molar-refractivity contribution in [2.75, 3.05) is 36.2 Å². The number of hydrogen-bond acceptors (Lipinski definition) is 7. The van der Waals surface area contributed by atoms with Crippen LogP contribution >= 0.6 is 0 Å². The lowest BCUT2D eigenvalue weighted by Gasteiger charge is -2.27. The van der Waals surface area contributed by atoms with Crippen LogP contribution in [0.25, 0.3) is 0 Å². The molecule has 0 aromatic heterocycles. The quantitative estimate of drug-likeness (QED) is 0.0912. The average Bonchev–Trinajstić information content (AvgIpc) is 3.94. The molecule has 0 bridgehead atoms. The van der Waals surface area contributed by atoms with Gasteiger partial charge in [-0.3, -0.25) is 4.79 Å². The molecular formula is C43H60F3N5O2. The van der Waals surface area contributed by atoms with Crippen LogP contribution in [-0.4, -0.2) is 38.9 Å². The molecule has 1 aliphatic carbocycles. The highest BCUT2D eigenvalue weighted by atomic mass is 19.4. The predicted octanol–water partition coefficient (Wildman–Crippen LogP) is 10.5. The minimum Gasteiger partial charge on any atom is -0.462 e. The van der Waals surface area contributed by atoms with Gasteiger partial charge in [-0.25, -0.2) is 0 Å². The zero-order chi connectivity index (χ0) is 39.6. The van der Waals surface area contributed by atoms with Gasteiger partial charge in [-0.1, -0.05) is 76.2 Å². The van der Waals surface area contributed by atoms with Crippen molar-refractivity contribution in [3.8, 4) is 0 Å². The molecule has 0 spiro atoms. The Hall–Kier alpha value is -4.54. The van der Waals surface area contributed by atoms with Crippen molar-refractivity contribution in [1.29, 1.82) is 0 Å². The van der Waals surface area contributed by atoms with Gasteiger partial charge in [-0.15, -0.1) is 0 Å². The van der Waals surface area contributed by atoms with E-state index in [9.17, 15) is 18.0 Å². The second-order valence-electron chi connectivity index (χ2n) is 13.9. The summed E-state index contributed by atoms with van der Waals surface area (Å²) >= 11 is 0. The van der Waals surface area contributed by atoms with Crippen molar-refractivity contribution in [3.05, 3.63) is 125 Å². The van der Waals surface area contributed by atoms with Crippen LogP contribution < -0.4 is 26.6 Å². The predicted molar refractivity (Wildman–Crippen MR) is 216 cm³/mol. The molecule has 0 aliphatic heterocycles. The molecule has 0 amide bonds. The van der Waals surface area contributed by atoms with Gasteiger partial charge in [0.05, 0.1) is 23.0 Å². The first kappa shape index (κ1) is 44.6. The van der Waals surface area contributed by atoms with E-state index < -0.39 is 11.7 Å². The number of hydrogen-bond donors (Lipinski definition) is 4. The highest BCUT2D eigenvalue weighted by Gasteiger charge is 2.33. The van der Waals surface area contributed by atoms with Crippen LogP contribution in [0.4, 0.5) is 30.2 Å². The van der Waals surface area contributed by atoms with Gasteiger partial charge in [0.1, 0.15) is 5.60 Å². The standard InChI is InChI=1S/C35H42F3N5.C5H10O2.C3H8/c1-5-8-29(35(36,37)38)21-33(43(4)32-12-6-9-26(19-32)22-39)24(2)42-31-11-7-10-28(20-31)34(41-23-25-13-14-25)27-15-17-30(40-3)18-16-27;1-5(2,3)7-4-6;1-3-2/h6-12,15-21,25,34,40-42H,2,5,13-14,22-23,39H2,1,3-4H3;4H,1-3H3;3H2,1-2H3/b29-8-,33-21-;;. The molecule has 1 fully saturated rings. The molecule has 53 heavy (non-hydrogen) atoms. The normalized spacial score (nSPS) is 13.7. The minimum absolute atomic E-state index is 0.0393. The second kappa shape index (κ2) is 21.9. The van der Waals surface area contributed by atoms with Crippen LogP contribution in [0.2, 0.25) is 0 Å². The fourth-order valence-electron chi connectivity index (χ4n) is 5.10. The van der Waals surface area contributed by atoms with Crippen molar-refractivity contribution in [1.82, 2.24) is 5.32 Å². The molecule has 0 radical (unpaired) electrons. The fourth-order valence-corrected chi connectivity index (χ4v) is 5.10. The first-order valence-corrected chi connectivity index (χ1v) is 18.3. The highest BCUT2D eigenvalue weighted by molar-refractivity contribution is 5.63. The first-order valence-electron chi connectivity index (χ1n) is 18.3. The summed E-state index contributed by atoms with van der Waals surface area (Å²) in [5, 5.41) is 10.2. The van der Waals surface area contributed by atoms with Crippen molar-refractivity contribution < 1.29 is 22.7 Å². The molecule has 10 heteroatoms. The van der Waals surface area contributed by atoms with Crippen LogP contribution in [0.1, 0.15) is 90.0 Å². The maximum absolute atomic E-state index is 14.0. The van der Waals surface area contributed by atoms with Crippen molar-refractivity contribution in [2.45, 2.75) is 91.6 Å². The summed E-state index contributed by atoms with van der Waals surface area (Å²) in [7, 11) is 3.63. The average molecular weight is 736 g/mol. The number of benzene rings is 3. The Morgan fingerprint density at radius 1 is 0.981 bits per heavy atom. The van der Waals surface area contributed by atoms with Crippen LogP contribution in [0.3, 0.4) is 0 Å². The number of anilines is 3. The van der Waals surface area contributed by atoms with Gasteiger partial charge >= 0.3 is 6.18 Å². The lowest BCUT2D eigenvalue weighted by atomic mass is 9.97. The number of carbonyl (C=O) groups is 1. The number of nitrogens with two attached hydrogens (primary N) is 1. The number of alkyl halides is 3. The van der Waals surface area contributed by atoms with E-state index in [1.165, 1.54) is 25.3 Å². The van der Waals surface area contributed by atoms with Crippen LogP contribution in [0.5, 0.6) is 0 Å². The SMILES string of the molecule is C=C(Nc1cccc(C(NCC2CC2)c2ccc(NC)cc2)c1)/C(=C/C(=C/CC)C(F)(F)F)N(C)c1cccc(CN)c1.CC(C)(C)OC=O.CCC. The molecule has 3 aromatic rings. The number of likely N-dealkylation sites (N-methyl/N-ethyl adjacent to an activating group) is 1. The van der Waals surface area contributed by atoms with E-state index >= 15 is 0 Å². The number of carbonyl (C=O) groups excluding carboxylic acids is 1. The molecule has 4 rings (SSSR count). The third kappa shape index (κ3) is 15.9. The van der Waals surface area contributed by atoms with Gasteiger partial charge < -0.3 is 31.3 Å². The minimum atomic E-state index is -4.51. The summed E-state index contributed by atoms with van der Waals surface area (Å²) in [4.78, 5) is 11.3. The number of halogens is 3. The first-order chi connectivity index (χ1) is 25.1. The van der Waals surface area contributed by atoms with Gasteiger partial charge in [-0.2, -0.15) is 13.2 Å². The summed E-state index contributed by atoms with van der Waals surface area (Å²) in [5.41, 5.74) is 11.0. The summed E-state index contributed by atoms with van der Waals surface area (Å²) < 4.78 is 46.6. The molecule has 7 nitrogen and oxygen atoms in total. The summed E-state index contributed by atoms with van der Waals surface area (Å²) in [6, 6.07) is 23.7. The van der Waals surface area contributed by atoms with E-state index in [2.05, 4.69) is 71.4 Å². The summed E-state index contributed by atoms with van der Waals surface area (Å²) in [6.07, 6.45) is 1.81. The number of nitrogens with one attached hydrogen (secondary N) is 3. The molecule has 0 saturated heterocycles. The third-order valence-corrected chi connectivity index (χ3v) is 8.00. The van der Waals surface area contributed by atoms with Crippen LogP contribution in [-0.2, 0) is 16.1 Å². The Labute approximate surface area is 315 Å². The van der Waals surface area contributed by atoms with E-state index in [0.717, 1.165) is 40.7 Å². The smallest absolute Gasteiger partial charge is 0.416 e. The molecule has 1 saturated carbocycles. The summed E-state index contributed by atoms with van der Waals surface area (Å²) in [6.45, 7) is 17.3. The molecule has 1 unspecified atom stereocenters. The van der Waals surface area contributed by atoms with Crippen LogP contribution in [0, 0.1) is 5.92 Å². The molecule has 3 aromatic carbocycles. The lowest BCUT2D eigenvalue weighted by molar-refractivity contribution is -0.138. The molecule has 5 N–H and O–H groups in total. The zero-order valence-corrected chi connectivity index (χ0v) is 32.7. The Morgan fingerprint density at radius 2 is 1.62 bits per heavy atom. The monoisotopic (exact) mass is 735 g/mol. The molecule has 1 atom stereocenters. The highest BCUT2D eigenvalue weighted by Crippen LogP contribution is 2.34. The third-order valence-electron chi connectivity index (χ3n) is 8.00. The van der Waals surface area contributed by atoms with Crippen molar-refractivity contribution >= 4 is 23.5 Å². The second-order valence-corrected chi connectivity index (χ2v) is 13.9. The number of rotatable bonds is 15. The van der Waals surface area contributed by atoms with Crippen molar-refractivity contribution in [3.63, 3.8) is 0 Å². The Bertz CT molecular complexity index is 1620. The fraction of sp³-hybridized carbons (Fsp3) is 0.419. The summed E-state index contributed by atoms with van der Waals surface area (Å²) in [5.74, 6) is 0.695. The Morgan fingerprint density at radius 3 is 2.13 bits per heavy atom. The van der Waals surface area contributed by atoms with E-state index in [1.54, 1.807) is 18.9 Å². The maximum atomic E-state index is 14.0. The number of ether oxygens (including phenoxy) is 1. The Balaban J connectivity index is 0.000000859. The van der Waals surface area contributed by atoms with Gasteiger partial charge in [0.25, 0.3) is 6.47 Å². The van der Waals surface area contributed by atoms with Gasteiger partial charge in [0.15, 0.2) is 0 Å². The van der Waals surface area contributed by atoms with Crippen molar-refractivity contribution in [2.24, 2.45) is 11.7 Å². The van der Waals surface area contributed by atoms with Gasteiger partial charge in [0, 0.05) is 37.7 Å². The van der Waals surface area contributed by atoms with E-state index in [1.807, 2.05) is 70.3 Å². The molecule has 290 valence electrons. The zero-order valence-electron chi connectivity index (χ0n) is 32.7. The van der Waals surface area contributed by atoms with Gasteiger partial charge in [0.2, 0.25) is 0 Å². The molecule has 1 aliphatic rings. The topological polar surface area (TPSA) is 91.7 Å².